The maximum absolute atomic E-state index is 9.86. The minimum absolute atomic E-state index is 0.0350. The molecular formula is C23H20O2. The fraction of sp³-hybridized carbons (Fsp3) is 0.130. The van der Waals surface area contributed by atoms with Crippen LogP contribution in [-0.4, -0.2) is 12.2 Å². The van der Waals surface area contributed by atoms with E-state index < -0.39 is 0 Å². The van der Waals surface area contributed by atoms with Gasteiger partial charge in [0.1, 0.15) is 5.75 Å². The highest BCUT2D eigenvalue weighted by Gasteiger charge is 2.13. The Labute approximate surface area is 147 Å². The molecule has 4 rings (SSSR count). The van der Waals surface area contributed by atoms with Crippen molar-refractivity contribution in [2.24, 2.45) is 0 Å². The average molecular weight is 328 g/mol. The Morgan fingerprint density at radius 3 is 1.96 bits per heavy atom. The highest BCUT2D eigenvalue weighted by atomic mass is 16.5. The van der Waals surface area contributed by atoms with Gasteiger partial charge in [0.2, 0.25) is 0 Å². The Balaban J connectivity index is 1.97. The predicted octanol–water partition coefficient (Wildman–Crippen LogP) is 5.08. The minimum atomic E-state index is 0.0350. The minimum Gasteiger partial charge on any atom is -0.496 e. The van der Waals surface area contributed by atoms with E-state index in [1.165, 1.54) is 21.5 Å². The molecule has 0 aliphatic carbocycles. The van der Waals surface area contributed by atoms with Gasteiger partial charge in [-0.3, -0.25) is 0 Å². The smallest absolute Gasteiger partial charge is 0.123 e. The maximum Gasteiger partial charge on any atom is 0.123 e. The van der Waals surface area contributed by atoms with E-state index in [0.29, 0.717) is 0 Å². The van der Waals surface area contributed by atoms with Crippen molar-refractivity contribution >= 4 is 21.5 Å². The molecule has 2 heteroatoms. The molecule has 25 heavy (non-hydrogen) atoms. The monoisotopic (exact) mass is 328 g/mol. The molecule has 0 unspecified atom stereocenters. The van der Waals surface area contributed by atoms with Gasteiger partial charge in [0.15, 0.2) is 0 Å². The van der Waals surface area contributed by atoms with Crippen LogP contribution in [0.15, 0.2) is 72.8 Å². The average Bonchev–Trinajstić information content (AvgIpc) is 2.68. The lowest BCUT2D eigenvalue weighted by atomic mass is 9.91. The molecule has 0 aliphatic heterocycles. The van der Waals surface area contributed by atoms with Crippen molar-refractivity contribution in [3.05, 3.63) is 89.5 Å². The summed E-state index contributed by atoms with van der Waals surface area (Å²) in [5.74, 6) is 0.885. The van der Waals surface area contributed by atoms with Crippen LogP contribution in [0.4, 0.5) is 0 Å². The third-order valence-electron chi connectivity index (χ3n) is 4.88. The van der Waals surface area contributed by atoms with E-state index in [1.54, 1.807) is 7.11 Å². The molecular weight excluding hydrogens is 308 g/mol. The molecule has 0 fully saturated rings. The number of hydrogen-bond acceptors (Lipinski definition) is 2. The van der Waals surface area contributed by atoms with Crippen molar-refractivity contribution in [2.45, 2.75) is 13.0 Å². The predicted molar refractivity (Wildman–Crippen MR) is 103 cm³/mol. The van der Waals surface area contributed by atoms with Crippen LogP contribution < -0.4 is 4.74 Å². The number of ether oxygens (including phenoxy) is 1. The molecule has 0 radical (unpaired) electrons. The topological polar surface area (TPSA) is 29.5 Å². The lowest BCUT2D eigenvalue weighted by Crippen LogP contribution is -2.00. The summed E-state index contributed by atoms with van der Waals surface area (Å²) in [6.07, 6.45) is 0.724. The highest BCUT2D eigenvalue weighted by molar-refractivity contribution is 5.91. The second kappa shape index (κ2) is 6.58. The van der Waals surface area contributed by atoms with Gasteiger partial charge in [-0.15, -0.1) is 0 Å². The fourth-order valence-electron chi connectivity index (χ4n) is 3.60. The lowest BCUT2D eigenvalue weighted by molar-refractivity contribution is 0.281. The zero-order valence-electron chi connectivity index (χ0n) is 14.2. The van der Waals surface area contributed by atoms with E-state index in [4.69, 9.17) is 4.74 Å². The van der Waals surface area contributed by atoms with E-state index in [-0.39, 0.29) is 6.61 Å². The molecule has 2 nitrogen and oxygen atoms in total. The van der Waals surface area contributed by atoms with Crippen molar-refractivity contribution in [2.75, 3.05) is 7.11 Å². The van der Waals surface area contributed by atoms with Crippen molar-refractivity contribution in [3.8, 4) is 5.75 Å². The van der Waals surface area contributed by atoms with Gasteiger partial charge < -0.3 is 9.84 Å². The molecule has 1 N–H and O–H groups in total. The number of benzene rings is 4. The Kier molecular flexibility index (Phi) is 4.12. The molecule has 0 amide bonds. The van der Waals surface area contributed by atoms with Gasteiger partial charge in [0, 0.05) is 12.0 Å². The van der Waals surface area contributed by atoms with Gasteiger partial charge in [-0.1, -0.05) is 66.7 Å². The first kappa shape index (κ1) is 15.7. The number of rotatable bonds is 4. The van der Waals surface area contributed by atoms with Gasteiger partial charge in [0.25, 0.3) is 0 Å². The summed E-state index contributed by atoms with van der Waals surface area (Å²) in [5.41, 5.74) is 3.29. The van der Waals surface area contributed by atoms with Crippen LogP contribution in [0.1, 0.15) is 16.7 Å². The molecule has 0 aromatic heterocycles. The molecule has 0 aliphatic rings. The van der Waals surface area contributed by atoms with E-state index in [2.05, 4.69) is 48.5 Å². The van der Waals surface area contributed by atoms with E-state index in [9.17, 15) is 5.11 Å². The SMILES string of the molecule is COc1ccc2ccccc2c1Cc1c(CO)ccc2ccccc12. The summed E-state index contributed by atoms with van der Waals surface area (Å²) >= 11 is 0. The second-order valence-corrected chi connectivity index (χ2v) is 6.23. The Bertz CT molecular complexity index is 965. The normalized spacial score (nSPS) is 11.1. The van der Waals surface area contributed by atoms with Gasteiger partial charge >= 0.3 is 0 Å². The van der Waals surface area contributed by atoms with E-state index in [0.717, 1.165) is 28.9 Å². The summed E-state index contributed by atoms with van der Waals surface area (Å²) in [5, 5.41) is 14.6. The first-order valence-electron chi connectivity index (χ1n) is 8.47. The summed E-state index contributed by atoms with van der Waals surface area (Å²) in [6.45, 7) is 0.0350. The maximum atomic E-state index is 9.86. The lowest BCUT2D eigenvalue weighted by Gasteiger charge is -2.16. The third kappa shape index (κ3) is 2.75. The molecule has 0 heterocycles. The molecule has 4 aromatic carbocycles. The Hall–Kier alpha value is -2.84. The largest absolute Gasteiger partial charge is 0.496 e. The van der Waals surface area contributed by atoms with Crippen LogP contribution in [0.3, 0.4) is 0 Å². The Morgan fingerprint density at radius 2 is 1.32 bits per heavy atom. The van der Waals surface area contributed by atoms with E-state index in [1.807, 2.05) is 24.3 Å². The highest BCUT2D eigenvalue weighted by Crippen LogP contribution is 2.33. The number of methoxy groups -OCH3 is 1. The summed E-state index contributed by atoms with van der Waals surface area (Å²) in [7, 11) is 1.71. The quantitative estimate of drug-likeness (QED) is 0.566. The van der Waals surface area contributed by atoms with Crippen LogP contribution in [-0.2, 0) is 13.0 Å². The summed E-state index contributed by atoms with van der Waals surface area (Å²) < 4.78 is 5.65. The van der Waals surface area contributed by atoms with Gasteiger partial charge in [-0.2, -0.15) is 0 Å². The van der Waals surface area contributed by atoms with Crippen molar-refractivity contribution < 1.29 is 9.84 Å². The number of aliphatic hydroxyl groups excluding tert-OH is 1. The molecule has 0 saturated heterocycles. The Morgan fingerprint density at radius 1 is 0.720 bits per heavy atom. The van der Waals surface area contributed by atoms with Crippen molar-refractivity contribution in [1.29, 1.82) is 0 Å². The molecule has 0 bridgehead atoms. The number of aliphatic hydroxyl groups is 1. The molecule has 124 valence electrons. The van der Waals surface area contributed by atoms with E-state index >= 15 is 0 Å². The third-order valence-corrected chi connectivity index (χ3v) is 4.88. The zero-order valence-corrected chi connectivity index (χ0v) is 14.2. The molecule has 0 atom stereocenters. The van der Waals surface area contributed by atoms with Crippen LogP contribution in [0.2, 0.25) is 0 Å². The van der Waals surface area contributed by atoms with Crippen LogP contribution in [0.25, 0.3) is 21.5 Å². The summed E-state index contributed by atoms with van der Waals surface area (Å²) in [4.78, 5) is 0. The van der Waals surface area contributed by atoms with Crippen LogP contribution >= 0.6 is 0 Å². The standard InChI is InChI=1S/C23H20O2/c1-25-23-13-12-17-7-3-5-9-20(17)22(23)14-21-18(15-24)11-10-16-6-2-4-8-19(16)21/h2-13,24H,14-15H2,1H3. The fourth-order valence-corrected chi connectivity index (χ4v) is 3.60. The molecule has 0 spiro atoms. The first-order chi connectivity index (χ1) is 12.3. The summed E-state index contributed by atoms with van der Waals surface area (Å²) in [6, 6.07) is 24.9. The van der Waals surface area contributed by atoms with Crippen molar-refractivity contribution in [3.63, 3.8) is 0 Å². The molecule has 0 saturated carbocycles. The number of fused-ring (bicyclic) bond motifs is 2. The second-order valence-electron chi connectivity index (χ2n) is 6.23. The van der Waals surface area contributed by atoms with Gasteiger partial charge in [-0.05, 0) is 38.7 Å². The van der Waals surface area contributed by atoms with Gasteiger partial charge in [-0.25, -0.2) is 0 Å². The van der Waals surface area contributed by atoms with Crippen LogP contribution in [0, 0.1) is 0 Å². The number of hydrogen-bond donors (Lipinski definition) is 1. The first-order valence-corrected chi connectivity index (χ1v) is 8.47. The molecule has 4 aromatic rings. The van der Waals surface area contributed by atoms with Crippen molar-refractivity contribution in [1.82, 2.24) is 0 Å². The zero-order chi connectivity index (χ0) is 17.2. The van der Waals surface area contributed by atoms with Gasteiger partial charge in [0.05, 0.1) is 13.7 Å². The van der Waals surface area contributed by atoms with Crippen LogP contribution in [0.5, 0.6) is 5.75 Å².